The summed E-state index contributed by atoms with van der Waals surface area (Å²) in [5.74, 6) is 0.108. The highest BCUT2D eigenvalue weighted by Crippen LogP contribution is 2.42. The molecule has 3 nitrogen and oxygen atoms in total. The Morgan fingerprint density at radius 1 is 1.08 bits per heavy atom. The van der Waals surface area contributed by atoms with Crippen molar-refractivity contribution in [2.45, 2.75) is 37.8 Å². The van der Waals surface area contributed by atoms with E-state index in [0.29, 0.717) is 16.8 Å². The molecule has 1 fully saturated rings. The van der Waals surface area contributed by atoms with Crippen molar-refractivity contribution in [1.82, 2.24) is 9.88 Å². The molecule has 0 bridgehead atoms. The summed E-state index contributed by atoms with van der Waals surface area (Å²) < 4.78 is 0. The molecule has 1 saturated carbocycles. The Kier molecular flexibility index (Phi) is 3.39. The van der Waals surface area contributed by atoms with Crippen LogP contribution in [-0.4, -0.2) is 21.8 Å². The van der Waals surface area contributed by atoms with Crippen LogP contribution in [0.4, 0.5) is 0 Å². The average Bonchev–Trinajstić information content (AvgIpc) is 3.22. The van der Waals surface area contributed by atoms with Crippen LogP contribution < -0.4 is 0 Å². The van der Waals surface area contributed by atoms with Crippen LogP contribution in [-0.2, 0) is 6.42 Å². The SMILES string of the molecule is O=C(c1cc2ccc(Cl)cc2[nH]1)N(C1CC1)C1CCc2ccccc21. The number of rotatable bonds is 3. The van der Waals surface area contributed by atoms with Crippen molar-refractivity contribution in [3.05, 3.63) is 70.4 Å². The number of carbonyl (C=O) groups excluding carboxylic acids is 1. The fourth-order valence-electron chi connectivity index (χ4n) is 4.09. The van der Waals surface area contributed by atoms with Gasteiger partial charge >= 0.3 is 0 Å². The predicted molar refractivity (Wildman–Crippen MR) is 100 cm³/mol. The van der Waals surface area contributed by atoms with Crippen molar-refractivity contribution < 1.29 is 4.79 Å². The molecule has 0 aliphatic heterocycles. The van der Waals surface area contributed by atoms with Gasteiger partial charge in [0.2, 0.25) is 0 Å². The van der Waals surface area contributed by atoms with Crippen molar-refractivity contribution in [3.8, 4) is 0 Å². The predicted octanol–water partition coefficient (Wildman–Crippen LogP) is 5.11. The van der Waals surface area contributed by atoms with Crippen LogP contribution in [0.5, 0.6) is 0 Å². The van der Waals surface area contributed by atoms with E-state index in [2.05, 4.69) is 34.1 Å². The Hall–Kier alpha value is -2.26. The highest BCUT2D eigenvalue weighted by atomic mass is 35.5. The molecule has 2 aliphatic rings. The van der Waals surface area contributed by atoms with E-state index in [4.69, 9.17) is 11.6 Å². The molecule has 126 valence electrons. The largest absolute Gasteiger partial charge is 0.350 e. The number of carbonyl (C=O) groups is 1. The molecular weight excluding hydrogens is 332 g/mol. The Bertz CT molecular complexity index is 973. The molecule has 5 rings (SSSR count). The minimum atomic E-state index is 0.108. The lowest BCUT2D eigenvalue weighted by Gasteiger charge is -2.29. The maximum absolute atomic E-state index is 13.3. The first-order valence-electron chi connectivity index (χ1n) is 8.89. The van der Waals surface area contributed by atoms with Crippen LogP contribution in [0.2, 0.25) is 5.02 Å². The molecule has 1 amide bonds. The quantitative estimate of drug-likeness (QED) is 0.699. The van der Waals surface area contributed by atoms with Gasteiger partial charge in [0.05, 0.1) is 6.04 Å². The lowest BCUT2D eigenvalue weighted by atomic mass is 10.1. The minimum absolute atomic E-state index is 0.108. The maximum atomic E-state index is 13.3. The van der Waals surface area contributed by atoms with Crippen LogP contribution in [0.3, 0.4) is 0 Å². The second-order valence-corrected chi connectivity index (χ2v) is 7.55. The monoisotopic (exact) mass is 350 g/mol. The molecule has 1 atom stereocenters. The highest BCUT2D eigenvalue weighted by molar-refractivity contribution is 6.31. The normalized spacial score (nSPS) is 19.2. The van der Waals surface area contributed by atoms with Crippen LogP contribution in [0.25, 0.3) is 10.9 Å². The Balaban J connectivity index is 1.53. The lowest BCUT2D eigenvalue weighted by molar-refractivity contribution is 0.0653. The van der Waals surface area contributed by atoms with Crippen LogP contribution in [0.15, 0.2) is 48.5 Å². The van der Waals surface area contributed by atoms with Crippen LogP contribution >= 0.6 is 11.6 Å². The van der Waals surface area contributed by atoms with Crippen molar-refractivity contribution in [2.75, 3.05) is 0 Å². The smallest absolute Gasteiger partial charge is 0.271 e. The number of aromatic nitrogens is 1. The maximum Gasteiger partial charge on any atom is 0.271 e. The van der Waals surface area contributed by atoms with Gasteiger partial charge in [-0.3, -0.25) is 4.79 Å². The number of benzene rings is 2. The van der Waals surface area contributed by atoms with Crippen molar-refractivity contribution in [1.29, 1.82) is 0 Å². The fourth-order valence-corrected chi connectivity index (χ4v) is 4.26. The molecular formula is C21H19ClN2O. The summed E-state index contributed by atoms with van der Waals surface area (Å²) in [4.78, 5) is 18.7. The summed E-state index contributed by atoms with van der Waals surface area (Å²) in [6.07, 6.45) is 4.29. The first-order valence-corrected chi connectivity index (χ1v) is 9.27. The zero-order chi connectivity index (χ0) is 17.0. The second-order valence-electron chi connectivity index (χ2n) is 7.11. The molecule has 4 heteroatoms. The third-order valence-corrected chi connectivity index (χ3v) is 5.66. The van der Waals surface area contributed by atoms with Gasteiger partial charge in [-0.05, 0) is 55.0 Å². The number of aryl methyl sites for hydroxylation is 1. The molecule has 1 heterocycles. The number of hydrogen-bond acceptors (Lipinski definition) is 1. The molecule has 2 aromatic carbocycles. The van der Waals surface area contributed by atoms with E-state index in [0.717, 1.165) is 36.6 Å². The number of hydrogen-bond donors (Lipinski definition) is 1. The van der Waals surface area contributed by atoms with Crippen molar-refractivity contribution in [2.24, 2.45) is 0 Å². The lowest BCUT2D eigenvalue weighted by Crippen LogP contribution is -2.36. The molecule has 0 saturated heterocycles. The van der Waals surface area contributed by atoms with Gasteiger partial charge in [-0.1, -0.05) is 41.9 Å². The van der Waals surface area contributed by atoms with Gasteiger partial charge in [0, 0.05) is 22.0 Å². The summed E-state index contributed by atoms with van der Waals surface area (Å²) in [6, 6.07) is 16.8. The van der Waals surface area contributed by atoms with E-state index in [1.54, 1.807) is 0 Å². The van der Waals surface area contributed by atoms with Crippen LogP contribution in [0, 0.1) is 0 Å². The number of fused-ring (bicyclic) bond motifs is 2. The number of H-pyrrole nitrogens is 1. The van der Waals surface area contributed by atoms with E-state index in [1.807, 2.05) is 24.3 Å². The second kappa shape index (κ2) is 5.63. The average molecular weight is 351 g/mol. The summed E-state index contributed by atoms with van der Waals surface area (Å²) in [5, 5.41) is 1.70. The number of nitrogens with zero attached hydrogens (tertiary/aromatic N) is 1. The van der Waals surface area contributed by atoms with Crippen LogP contribution in [0.1, 0.15) is 46.9 Å². The Labute approximate surface area is 151 Å². The molecule has 0 spiro atoms. The van der Waals surface area contributed by atoms with E-state index < -0.39 is 0 Å². The van der Waals surface area contributed by atoms with Gasteiger partial charge < -0.3 is 9.88 Å². The van der Waals surface area contributed by atoms with E-state index in [9.17, 15) is 4.79 Å². The zero-order valence-corrected chi connectivity index (χ0v) is 14.6. The van der Waals surface area contributed by atoms with Gasteiger partial charge in [0.15, 0.2) is 0 Å². The number of amides is 1. The summed E-state index contributed by atoms with van der Waals surface area (Å²) in [5.41, 5.74) is 4.28. The first-order chi connectivity index (χ1) is 12.2. The highest BCUT2D eigenvalue weighted by Gasteiger charge is 2.41. The van der Waals surface area contributed by atoms with Gasteiger partial charge in [0.25, 0.3) is 5.91 Å². The number of nitrogens with one attached hydrogen (secondary N) is 1. The van der Waals surface area contributed by atoms with Gasteiger partial charge in [-0.2, -0.15) is 0 Å². The van der Waals surface area contributed by atoms with E-state index >= 15 is 0 Å². The first kappa shape index (κ1) is 15.0. The third-order valence-electron chi connectivity index (χ3n) is 5.43. The summed E-state index contributed by atoms with van der Waals surface area (Å²) >= 11 is 6.07. The third kappa shape index (κ3) is 2.54. The molecule has 1 aromatic heterocycles. The zero-order valence-electron chi connectivity index (χ0n) is 13.8. The molecule has 1 unspecified atom stereocenters. The van der Waals surface area contributed by atoms with Gasteiger partial charge in [-0.15, -0.1) is 0 Å². The number of aromatic amines is 1. The van der Waals surface area contributed by atoms with E-state index in [-0.39, 0.29) is 11.9 Å². The summed E-state index contributed by atoms with van der Waals surface area (Å²) in [6.45, 7) is 0. The van der Waals surface area contributed by atoms with Gasteiger partial charge in [0.1, 0.15) is 5.69 Å². The molecule has 3 aromatic rings. The van der Waals surface area contributed by atoms with Crippen molar-refractivity contribution >= 4 is 28.4 Å². The molecule has 2 aliphatic carbocycles. The van der Waals surface area contributed by atoms with Crippen molar-refractivity contribution in [3.63, 3.8) is 0 Å². The molecule has 25 heavy (non-hydrogen) atoms. The van der Waals surface area contributed by atoms with Gasteiger partial charge in [-0.25, -0.2) is 0 Å². The van der Waals surface area contributed by atoms with E-state index in [1.165, 1.54) is 11.1 Å². The number of halogens is 1. The standard InChI is InChI=1S/C21H19ClN2O/c22-15-7-5-14-11-19(23-18(14)12-15)21(25)24(16-8-9-16)20-10-6-13-3-1-2-4-17(13)20/h1-5,7,11-12,16,20,23H,6,8-10H2. The molecule has 0 radical (unpaired) electrons. The Morgan fingerprint density at radius 3 is 2.76 bits per heavy atom. The molecule has 1 N–H and O–H groups in total. The minimum Gasteiger partial charge on any atom is -0.350 e. The fraction of sp³-hybridized carbons (Fsp3) is 0.286. The topological polar surface area (TPSA) is 36.1 Å². The summed E-state index contributed by atoms with van der Waals surface area (Å²) in [7, 11) is 0. The Morgan fingerprint density at radius 2 is 1.92 bits per heavy atom.